The number of likely N-dealkylation sites (N-methyl/N-ethyl adjacent to an activating group) is 1. The number of guanidine groups is 1. The number of aliphatic imine (C=N–C) groups is 1. The van der Waals surface area contributed by atoms with Gasteiger partial charge in [-0.15, -0.1) is 35.3 Å². The van der Waals surface area contributed by atoms with Crippen LogP contribution in [0.5, 0.6) is 5.75 Å². The zero-order chi connectivity index (χ0) is 18.1. The smallest absolute Gasteiger partial charge is 0.193 e. The van der Waals surface area contributed by atoms with E-state index in [2.05, 4.69) is 22.2 Å². The molecular formula is C18H26FIN4OS. The number of hydrogen-bond acceptors (Lipinski definition) is 4. The van der Waals surface area contributed by atoms with Crippen molar-refractivity contribution in [2.45, 2.75) is 20.3 Å². The molecule has 0 radical (unpaired) electrons. The first-order valence-corrected chi connectivity index (χ1v) is 9.19. The first-order valence-electron chi connectivity index (χ1n) is 8.37. The van der Waals surface area contributed by atoms with E-state index >= 15 is 0 Å². The second-order valence-electron chi connectivity index (χ2n) is 5.57. The van der Waals surface area contributed by atoms with Gasteiger partial charge in [0, 0.05) is 37.6 Å². The summed E-state index contributed by atoms with van der Waals surface area (Å²) in [5.74, 6) is 1.25. The highest BCUT2D eigenvalue weighted by molar-refractivity contribution is 14.0. The molecule has 8 heteroatoms. The largest absolute Gasteiger partial charge is 0.492 e. The van der Waals surface area contributed by atoms with Gasteiger partial charge in [-0.25, -0.2) is 9.37 Å². The van der Waals surface area contributed by atoms with E-state index in [-0.39, 0.29) is 29.8 Å². The van der Waals surface area contributed by atoms with Crippen LogP contribution < -0.4 is 10.1 Å². The Bertz CT molecular complexity index is 678. The predicted molar refractivity (Wildman–Crippen MR) is 116 cm³/mol. The lowest BCUT2D eigenvalue weighted by Crippen LogP contribution is -2.41. The molecule has 0 unspecified atom stereocenters. The van der Waals surface area contributed by atoms with E-state index in [4.69, 9.17) is 4.74 Å². The predicted octanol–water partition coefficient (Wildman–Crippen LogP) is 3.73. The number of aryl methyl sites for hydroxylation is 1. The third-order valence-electron chi connectivity index (χ3n) is 3.46. The van der Waals surface area contributed by atoms with Crippen molar-refractivity contribution < 1.29 is 9.13 Å². The minimum absolute atomic E-state index is 0. The summed E-state index contributed by atoms with van der Waals surface area (Å²) in [7, 11) is 1.98. The van der Waals surface area contributed by atoms with Crippen molar-refractivity contribution >= 4 is 41.3 Å². The number of hydrogen-bond donors (Lipinski definition) is 1. The minimum Gasteiger partial charge on any atom is -0.492 e. The summed E-state index contributed by atoms with van der Waals surface area (Å²) in [5.41, 5.74) is 0. The summed E-state index contributed by atoms with van der Waals surface area (Å²) in [6, 6.07) is 6.05. The zero-order valence-corrected chi connectivity index (χ0v) is 18.5. The molecule has 0 aliphatic heterocycles. The van der Waals surface area contributed by atoms with Gasteiger partial charge in [0.15, 0.2) is 5.96 Å². The van der Waals surface area contributed by atoms with Crippen LogP contribution in [0.1, 0.15) is 16.8 Å². The summed E-state index contributed by atoms with van der Waals surface area (Å²) in [6.45, 7) is 6.78. The Morgan fingerprint density at radius 2 is 2.08 bits per heavy atom. The van der Waals surface area contributed by atoms with E-state index in [9.17, 15) is 4.39 Å². The third kappa shape index (κ3) is 7.86. The van der Waals surface area contributed by atoms with E-state index in [0.717, 1.165) is 23.9 Å². The molecule has 26 heavy (non-hydrogen) atoms. The van der Waals surface area contributed by atoms with Gasteiger partial charge in [0.25, 0.3) is 0 Å². The molecule has 1 aromatic heterocycles. The zero-order valence-electron chi connectivity index (χ0n) is 15.4. The van der Waals surface area contributed by atoms with Crippen molar-refractivity contribution in [3.8, 4) is 5.75 Å². The maximum Gasteiger partial charge on any atom is 0.193 e. The van der Waals surface area contributed by atoms with Crippen molar-refractivity contribution in [3.63, 3.8) is 0 Å². The Kier molecular flexibility index (Phi) is 10.5. The van der Waals surface area contributed by atoms with Crippen LogP contribution in [0.15, 0.2) is 35.5 Å². The van der Waals surface area contributed by atoms with Crippen LogP contribution in [-0.2, 0) is 6.42 Å². The molecule has 0 aliphatic rings. The molecule has 0 fully saturated rings. The monoisotopic (exact) mass is 492 g/mol. The maximum atomic E-state index is 12.9. The van der Waals surface area contributed by atoms with Crippen LogP contribution in [0.25, 0.3) is 0 Å². The van der Waals surface area contributed by atoms with E-state index in [1.165, 1.54) is 17.0 Å². The Balaban J connectivity index is 0.00000338. The van der Waals surface area contributed by atoms with Gasteiger partial charge in [0.2, 0.25) is 0 Å². The molecular weight excluding hydrogens is 466 g/mol. The Morgan fingerprint density at radius 1 is 1.35 bits per heavy atom. The number of rotatable bonds is 8. The van der Waals surface area contributed by atoms with E-state index < -0.39 is 0 Å². The fourth-order valence-corrected chi connectivity index (χ4v) is 2.96. The molecule has 1 heterocycles. The number of halogens is 2. The van der Waals surface area contributed by atoms with Gasteiger partial charge in [-0.05, 0) is 38.1 Å². The highest BCUT2D eigenvalue weighted by Crippen LogP contribution is 2.12. The molecule has 2 rings (SSSR count). The molecule has 0 bridgehead atoms. The second kappa shape index (κ2) is 12.1. The van der Waals surface area contributed by atoms with Crippen LogP contribution in [0.4, 0.5) is 4.39 Å². The number of aromatic nitrogens is 1. The molecule has 2 aromatic rings. The average Bonchev–Trinajstić information content (AvgIpc) is 3.01. The van der Waals surface area contributed by atoms with Crippen LogP contribution in [-0.4, -0.2) is 49.1 Å². The molecule has 5 nitrogen and oxygen atoms in total. The molecule has 1 aromatic carbocycles. The fourth-order valence-electron chi connectivity index (χ4n) is 2.18. The van der Waals surface area contributed by atoms with Crippen LogP contribution in [0.3, 0.4) is 0 Å². The molecule has 0 saturated heterocycles. The van der Waals surface area contributed by atoms with Crippen molar-refractivity contribution in [2.75, 3.05) is 33.3 Å². The number of thiazole rings is 1. The van der Waals surface area contributed by atoms with Gasteiger partial charge in [-0.3, -0.25) is 4.99 Å². The number of nitrogens with one attached hydrogen (secondary N) is 1. The molecule has 0 spiro atoms. The lowest BCUT2D eigenvalue weighted by Gasteiger charge is -2.22. The van der Waals surface area contributed by atoms with Gasteiger partial charge in [0.1, 0.15) is 18.2 Å². The summed E-state index contributed by atoms with van der Waals surface area (Å²) in [6.07, 6.45) is 2.74. The highest BCUT2D eigenvalue weighted by Gasteiger charge is 2.06. The number of nitrogens with zero attached hydrogens (tertiary/aromatic N) is 3. The van der Waals surface area contributed by atoms with Gasteiger partial charge < -0.3 is 15.0 Å². The Labute approximate surface area is 175 Å². The number of benzene rings is 1. The maximum absolute atomic E-state index is 12.9. The van der Waals surface area contributed by atoms with Crippen molar-refractivity contribution in [2.24, 2.45) is 4.99 Å². The Hall–Kier alpha value is -1.42. The van der Waals surface area contributed by atoms with E-state index in [0.29, 0.717) is 25.4 Å². The topological polar surface area (TPSA) is 49.8 Å². The highest BCUT2D eigenvalue weighted by atomic mass is 127. The van der Waals surface area contributed by atoms with Crippen LogP contribution >= 0.6 is 35.3 Å². The van der Waals surface area contributed by atoms with E-state index in [1.54, 1.807) is 23.5 Å². The second-order valence-corrected chi connectivity index (χ2v) is 6.89. The fraction of sp³-hybridized carbons (Fsp3) is 0.444. The minimum atomic E-state index is -0.263. The van der Waals surface area contributed by atoms with E-state index in [1.807, 2.05) is 25.1 Å². The summed E-state index contributed by atoms with van der Waals surface area (Å²) < 4.78 is 18.5. The average molecular weight is 492 g/mol. The molecule has 0 aliphatic carbocycles. The van der Waals surface area contributed by atoms with Gasteiger partial charge in [0.05, 0.1) is 11.6 Å². The van der Waals surface area contributed by atoms with Crippen molar-refractivity contribution in [3.05, 3.63) is 46.2 Å². The molecule has 0 amide bonds. The normalized spacial score (nSPS) is 11.0. The molecule has 144 valence electrons. The van der Waals surface area contributed by atoms with Gasteiger partial charge in [-0.2, -0.15) is 0 Å². The summed E-state index contributed by atoms with van der Waals surface area (Å²) in [4.78, 5) is 12.3. The molecule has 0 atom stereocenters. The molecule has 1 N–H and O–H groups in total. The Morgan fingerprint density at radius 3 is 2.69 bits per heavy atom. The first-order chi connectivity index (χ1) is 12.1. The van der Waals surface area contributed by atoms with Crippen molar-refractivity contribution in [1.82, 2.24) is 15.2 Å². The third-order valence-corrected chi connectivity index (χ3v) is 4.43. The lowest BCUT2D eigenvalue weighted by molar-refractivity contribution is 0.281. The summed E-state index contributed by atoms with van der Waals surface area (Å²) in [5, 5.41) is 4.39. The standard InChI is InChI=1S/C18H25FN4OS.HI/c1-4-20-18(21-10-9-17-22-13-14(2)25-17)23(3)11-12-24-16-7-5-15(19)6-8-16;/h5-8,13H,4,9-12H2,1-3H3,(H,20,21);1H. The van der Waals surface area contributed by atoms with Crippen molar-refractivity contribution in [1.29, 1.82) is 0 Å². The number of ether oxygens (including phenoxy) is 1. The SMILES string of the molecule is CCNC(=NCCc1ncc(C)s1)N(C)CCOc1ccc(F)cc1.I. The first kappa shape index (κ1) is 22.6. The quantitative estimate of drug-likeness (QED) is 0.347. The van der Waals surface area contributed by atoms with Crippen LogP contribution in [0, 0.1) is 12.7 Å². The summed E-state index contributed by atoms with van der Waals surface area (Å²) >= 11 is 1.71. The van der Waals surface area contributed by atoms with Gasteiger partial charge >= 0.3 is 0 Å². The molecule has 0 saturated carbocycles. The lowest BCUT2D eigenvalue weighted by atomic mass is 10.3. The van der Waals surface area contributed by atoms with Gasteiger partial charge in [-0.1, -0.05) is 0 Å². The van der Waals surface area contributed by atoms with Crippen LogP contribution in [0.2, 0.25) is 0 Å².